The largest absolute Gasteiger partial charge is 0.379 e. The molecule has 0 amide bonds. The van der Waals surface area contributed by atoms with Crippen LogP contribution in [0.5, 0.6) is 0 Å². The Kier molecular flexibility index (Phi) is 16.1. The van der Waals surface area contributed by atoms with E-state index in [0.717, 1.165) is 11.6 Å². The minimum Gasteiger partial charge on any atom is -0.379 e. The molecule has 0 aliphatic heterocycles. The third kappa shape index (κ3) is 25.9. The molecule has 0 atom stereocenters. The number of aldehydes is 1. The Morgan fingerprint density at radius 1 is 1.06 bits per heavy atom. The zero-order valence-electron chi connectivity index (χ0n) is 11.3. The maximum Gasteiger partial charge on any atom is 0.122 e. The Bertz CT molecular complexity index is 157. The summed E-state index contributed by atoms with van der Waals surface area (Å²) in [7, 11) is 1.71. The summed E-state index contributed by atoms with van der Waals surface area (Å²) in [6.45, 7) is 8.44. The standard InChI is InChI=1S/C7H13BrO3.C5H12O/c8-2-5-11-7-6-10-4-1-3-9;1-5(2,3)6-4/h3H,1-2,4-7H2;1-4H3. The summed E-state index contributed by atoms with van der Waals surface area (Å²) in [5, 5.41) is 0.849. The maximum atomic E-state index is 9.82. The van der Waals surface area contributed by atoms with Gasteiger partial charge in [-0.1, -0.05) is 15.9 Å². The van der Waals surface area contributed by atoms with Crippen LogP contribution < -0.4 is 0 Å². The van der Waals surface area contributed by atoms with Gasteiger partial charge in [-0.15, -0.1) is 0 Å². The number of hydrogen-bond donors (Lipinski definition) is 0. The zero-order chi connectivity index (χ0) is 13.6. The van der Waals surface area contributed by atoms with Crippen LogP contribution in [-0.4, -0.2) is 50.8 Å². The second-order valence-electron chi connectivity index (χ2n) is 4.19. The monoisotopic (exact) mass is 312 g/mol. The lowest BCUT2D eigenvalue weighted by atomic mass is 10.2. The molecule has 5 heteroatoms. The Labute approximate surface area is 113 Å². The number of ether oxygens (including phenoxy) is 3. The molecule has 17 heavy (non-hydrogen) atoms. The fraction of sp³-hybridized carbons (Fsp3) is 0.917. The van der Waals surface area contributed by atoms with Gasteiger partial charge in [0.05, 0.1) is 32.0 Å². The highest BCUT2D eigenvalue weighted by Crippen LogP contribution is 2.02. The van der Waals surface area contributed by atoms with E-state index in [9.17, 15) is 4.79 Å². The molecule has 104 valence electrons. The minimum atomic E-state index is 0.0417. The molecule has 0 unspecified atom stereocenters. The molecule has 0 N–H and O–H groups in total. The topological polar surface area (TPSA) is 44.8 Å². The Balaban J connectivity index is 0. The van der Waals surface area contributed by atoms with Crippen LogP contribution in [0.25, 0.3) is 0 Å². The first-order valence-corrected chi connectivity index (χ1v) is 6.80. The lowest BCUT2D eigenvalue weighted by molar-refractivity contribution is -0.108. The van der Waals surface area contributed by atoms with Crippen LogP contribution in [0.1, 0.15) is 27.2 Å². The first-order chi connectivity index (χ1) is 7.97. The molecule has 0 saturated heterocycles. The molecule has 0 aromatic rings. The molecule has 0 aromatic heterocycles. The van der Waals surface area contributed by atoms with Crippen molar-refractivity contribution in [1.29, 1.82) is 0 Å². The lowest BCUT2D eigenvalue weighted by Gasteiger charge is -2.14. The molecule has 0 heterocycles. The van der Waals surface area contributed by atoms with E-state index in [0.29, 0.717) is 32.8 Å². The van der Waals surface area contributed by atoms with Crippen molar-refractivity contribution >= 4 is 22.2 Å². The summed E-state index contributed by atoms with van der Waals surface area (Å²) < 4.78 is 15.1. The van der Waals surface area contributed by atoms with E-state index in [1.165, 1.54) is 0 Å². The third-order valence-electron chi connectivity index (χ3n) is 1.59. The predicted octanol–water partition coefficient (Wildman–Crippen LogP) is 2.43. The SMILES string of the molecule is COC(C)(C)C.O=CCCOCCOCCBr. The van der Waals surface area contributed by atoms with Gasteiger partial charge in [0.15, 0.2) is 0 Å². The molecule has 0 aromatic carbocycles. The summed E-state index contributed by atoms with van der Waals surface area (Å²) in [6, 6.07) is 0. The van der Waals surface area contributed by atoms with Gasteiger partial charge in [-0.3, -0.25) is 0 Å². The second kappa shape index (κ2) is 14.1. The van der Waals surface area contributed by atoms with Crippen molar-refractivity contribution in [3.05, 3.63) is 0 Å². The smallest absolute Gasteiger partial charge is 0.122 e. The average molecular weight is 313 g/mol. The molecule has 0 bridgehead atoms. The van der Waals surface area contributed by atoms with E-state index in [-0.39, 0.29) is 5.60 Å². The minimum absolute atomic E-state index is 0.0417. The first-order valence-electron chi connectivity index (χ1n) is 5.68. The van der Waals surface area contributed by atoms with E-state index >= 15 is 0 Å². The number of halogens is 1. The fourth-order valence-electron chi connectivity index (χ4n) is 0.508. The number of alkyl halides is 1. The van der Waals surface area contributed by atoms with E-state index in [4.69, 9.17) is 14.2 Å². The summed E-state index contributed by atoms with van der Waals surface area (Å²) in [5.74, 6) is 0. The van der Waals surface area contributed by atoms with Crippen LogP contribution in [0.3, 0.4) is 0 Å². The Hall–Kier alpha value is 0.0300. The van der Waals surface area contributed by atoms with Crippen molar-refractivity contribution < 1.29 is 19.0 Å². The Morgan fingerprint density at radius 2 is 1.53 bits per heavy atom. The van der Waals surface area contributed by atoms with Gasteiger partial charge in [-0.25, -0.2) is 0 Å². The second-order valence-corrected chi connectivity index (χ2v) is 4.98. The van der Waals surface area contributed by atoms with Gasteiger partial charge in [0.1, 0.15) is 6.29 Å². The van der Waals surface area contributed by atoms with Gasteiger partial charge in [0, 0.05) is 18.9 Å². The number of rotatable bonds is 8. The summed E-state index contributed by atoms with van der Waals surface area (Å²) in [4.78, 5) is 9.82. The molecule has 4 nitrogen and oxygen atoms in total. The van der Waals surface area contributed by atoms with E-state index in [1.807, 2.05) is 20.8 Å². The van der Waals surface area contributed by atoms with Crippen molar-refractivity contribution in [2.75, 3.05) is 38.9 Å². The summed E-state index contributed by atoms with van der Waals surface area (Å²) in [6.07, 6.45) is 1.32. The number of hydrogen-bond acceptors (Lipinski definition) is 4. The number of methoxy groups -OCH3 is 1. The third-order valence-corrected chi connectivity index (χ3v) is 1.91. The van der Waals surface area contributed by atoms with Crippen LogP contribution >= 0.6 is 15.9 Å². The number of carbonyl (C=O) groups excluding carboxylic acids is 1. The molecule has 0 saturated carbocycles. The first kappa shape index (κ1) is 19.4. The predicted molar refractivity (Wildman–Crippen MR) is 72.9 cm³/mol. The van der Waals surface area contributed by atoms with Crippen LogP contribution in [0.15, 0.2) is 0 Å². The Morgan fingerprint density at radius 3 is 1.88 bits per heavy atom. The van der Waals surface area contributed by atoms with Crippen LogP contribution in [-0.2, 0) is 19.0 Å². The summed E-state index contributed by atoms with van der Waals surface area (Å²) in [5.41, 5.74) is 0.0417. The molecule has 0 aliphatic carbocycles. The van der Waals surface area contributed by atoms with Gasteiger partial charge >= 0.3 is 0 Å². The van der Waals surface area contributed by atoms with Crippen LogP contribution in [0, 0.1) is 0 Å². The molecular weight excluding hydrogens is 288 g/mol. The van der Waals surface area contributed by atoms with Crippen molar-refractivity contribution in [2.45, 2.75) is 32.8 Å². The van der Waals surface area contributed by atoms with Gasteiger partial charge in [0.2, 0.25) is 0 Å². The van der Waals surface area contributed by atoms with Crippen molar-refractivity contribution in [1.82, 2.24) is 0 Å². The van der Waals surface area contributed by atoms with Gasteiger partial charge in [-0.2, -0.15) is 0 Å². The van der Waals surface area contributed by atoms with Crippen molar-refractivity contribution in [2.24, 2.45) is 0 Å². The zero-order valence-corrected chi connectivity index (χ0v) is 12.9. The maximum absolute atomic E-state index is 9.82. The molecule has 0 aliphatic rings. The number of carbonyl (C=O) groups is 1. The quantitative estimate of drug-likeness (QED) is 0.392. The summed E-state index contributed by atoms with van der Waals surface area (Å²) >= 11 is 3.23. The average Bonchev–Trinajstić information content (AvgIpc) is 2.28. The molecular formula is C12H25BrO4. The highest BCUT2D eigenvalue weighted by atomic mass is 79.9. The molecule has 0 radical (unpaired) electrons. The molecule has 0 fully saturated rings. The molecule has 0 rings (SSSR count). The van der Waals surface area contributed by atoms with Crippen molar-refractivity contribution in [3.8, 4) is 0 Å². The van der Waals surface area contributed by atoms with E-state index in [2.05, 4.69) is 15.9 Å². The van der Waals surface area contributed by atoms with Crippen LogP contribution in [0.4, 0.5) is 0 Å². The van der Waals surface area contributed by atoms with Crippen LogP contribution in [0.2, 0.25) is 0 Å². The highest BCUT2D eigenvalue weighted by Gasteiger charge is 2.04. The fourth-order valence-corrected chi connectivity index (χ4v) is 0.737. The van der Waals surface area contributed by atoms with Gasteiger partial charge < -0.3 is 19.0 Å². The van der Waals surface area contributed by atoms with Gasteiger partial charge in [-0.05, 0) is 20.8 Å². The van der Waals surface area contributed by atoms with Gasteiger partial charge in [0.25, 0.3) is 0 Å². The van der Waals surface area contributed by atoms with E-state index in [1.54, 1.807) is 7.11 Å². The molecule has 0 spiro atoms. The normalized spacial score (nSPS) is 10.6. The van der Waals surface area contributed by atoms with Crippen molar-refractivity contribution in [3.63, 3.8) is 0 Å². The van der Waals surface area contributed by atoms with E-state index < -0.39 is 0 Å². The lowest BCUT2D eigenvalue weighted by Crippen LogP contribution is -2.15. The highest BCUT2D eigenvalue weighted by molar-refractivity contribution is 9.09.